The third kappa shape index (κ3) is 4.14. The normalized spacial score (nSPS) is 16.1. The van der Waals surface area contributed by atoms with Crippen molar-refractivity contribution in [2.24, 2.45) is 0 Å². The van der Waals surface area contributed by atoms with E-state index in [0.717, 1.165) is 29.7 Å². The van der Waals surface area contributed by atoms with Crippen LogP contribution in [0.4, 0.5) is 4.39 Å². The predicted octanol–water partition coefficient (Wildman–Crippen LogP) is 4.50. The highest BCUT2D eigenvalue weighted by molar-refractivity contribution is 7.99. The monoisotopic (exact) mass is 329 g/mol. The first-order valence-electron chi connectivity index (χ1n) is 7.98. The molecule has 1 aliphatic carbocycles. The third-order valence-electron chi connectivity index (χ3n) is 4.11. The Morgan fingerprint density at radius 3 is 2.83 bits per heavy atom. The molecule has 1 unspecified atom stereocenters. The lowest BCUT2D eigenvalue weighted by Gasteiger charge is -2.14. The summed E-state index contributed by atoms with van der Waals surface area (Å²) < 4.78 is 13.7. The molecule has 0 saturated heterocycles. The summed E-state index contributed by atoms with van der Waals surface area (Å²) in [5.41, 5.74) is 1.70. The maximum Gasteiger partial charge on any atom is 0.220 e. The largest absolute Gasteiger partial charge is 0.349 e. The van der Waals surface area contributed by atoms with Gasteiger partial charge in [0, 0.05) is 11.3 Å². The first-order valence-corrected chi connectivity index (χ1v) is 8.97. The summed E-state index contributed by atoms with van der Waals surface area (Å²) in [4.78, 5) is 13.3. The number of rotatable bonds is 6. The van der Waals surface area contributed by atoms with Crippen molar-refractivity contribution in [3.05, 3.63) is 65.5 Å². The third-order valence-corrected chi connectivity index (χ3v) is 5.21. The van der Waals surface area contributed by atoms with Crippen molar-refractivity contribution < 1.29 is 9.18 Å². The minimum atomic E-state index is -0.154. The van der Waals surface area contributed by atoms with Crippen LogP contribution >= 0.6 is 11.8 Å². The molecule has 0 radical (unpaired) electrons. The molecular weight excluding hydrogens is 309 g/mol. The molecule has 2 aromatic carbocycles. The van der Waals surface area contributed by atoms with Crippen molar-refractivity contribution in [2.45, 2.75) is 36.6 Å². The van der Waals surface area contributed by atoms with Gasteiger partial charge in [-0.15, -0.1) is 11.8 Å². The van der Waals surface area contributed by atoms with Gasteiger partial charge in [0.25, 0.3) is 0 Å². The molecule has 3 rings (SSSR count). The second kappa shape index (κ2) is 7.64. The van der Waals surface area contributed by atoms with Gasteiger partial charge in [-0.3, -0.25) is 4.79 Å². The van der Waals surface area contributed by atoms with Crippen molar-refractivity contribution in [1.82, 2.24) is 5.32 Å². The Hall–Kier alpha value is -1.81. The van der Waals surface area contributed by atoms with Crippen LogP contribution in [0.2, 0.25) is 0 Å². The van der Waals surface area contributed by atoms with Crippen LogP contribution in [-0.4, -0.2) is 11.7 Å². The lowest BCUT2D eigenvalue weighted by Crippen LogP contribution is -2.26. The number of carbonyl (C=O) groups excluding carboxylic acids is 1. The average Bonchev–Trinajstić information content (AvgIpc) is 2.97. The molecule has 0 spiro atoms. The molecule has 1 amide bonds. The van der Waals surface area contributed by atoms with Gasteiger partial charge < -0.3 is 5.32 Å². The molecule has 0 aliphatic heterocycles. The SMILES string of the molecule is O=C(CCCSc1ccccc1)NC1CCc2c(F)cccc21. The highest BCUT2D eigenvalue weighted by Gasteiger charge is 2.25. The molecule has 1 atom stereocenters. The van der Waals surface area contributed by atoms with E-state index in [0.29, 0.717) is 12.8 Å². The quantitative estimate of drug-likeness (QED) is 0.624. The first kappa shape index (κ1) is 16.1. The van der Waals surface area contributed by atoms with Gasteiger partial charge in [-0.05, 0) is 54.3 Å². The van der Waals surface area contributed by atoms with Crippen LogP contribution in [0.25, 0.3) is 0 Å². The fourth-order valence-electron chi connectivity index (χ4n) is 2.97. The number of benzene rings is 2. The standard InChI is InChI=1S/C19H20FNOS/c20-17-9-4-8-16-15(17)11-12-18(16)21-19(22)10-5-13-23-14-6-2-1-3-7-14/h1-4,6-9,18H,5,10-13H2,(H,21,22). The summed E-state index contributed by atoms with van der Waals surface area (Å²) >= 11 is 1.77. The van der Waals surface area contributed by atoms with Crippen LogP contribution in [-0.2, 0) is 11.2 Å². The topological polar surface area (TPSA) is 29.1 Å². The smallest absolute Gasteiger partial charge is 0.220 e. The van der Waals surface area contributed by atoms with Crippen molar-refractivity contribution in [3.8, 4) is 0 Å². The van der Waals surface area contributed by atoms with Gasteiger partial charge in [0.15, 0.2) is 0 Å². The fraction of sp³-hybridized carbons (Fsp3) is 0.316. The molecule has 1 aliphatic rings. The zero-order valence-electron chi connectivity index (χ0n) is 12.9. The Labute approximate surface area is 140 Å². The number of amides is 1. The Morgan fingerprint density at radius 1 is 1.17 bits per heavy atom. The number of thioether (sulfide) groups is 1. The Kier molecular flexibility index (Phi) is 5.34. The number of hydrogen-bond donors (Lipinski definition) is 1. The Morgan fingerprint density at radius 2 is 2.00 bits per heavy atom. The van der Waals surface area contributed by atoms with E-state index < -0.39 is 0 Å². The van der Waals surface area contributed by atoms with Crippen molar-refractivity contribution in [3.63, 3.8) is 0 Å². The second-order valence-corrected chi connectivity index (χ2v) is 6.90. The Balaban J connectivity index is 1.43. The zero-order chi connectivity index (χ0) is 16.1. The molecule has 23 heavy (non-hydrogen) atoms. The van der Waals surface area contributed by atoms with Crippen LogP contribution in [0, 0.1) is 5.82 Å². The second-order valence-electron chi connectivity index (χ2n) is 5.73. The highest BCUT2D eigenvalue weighted by atomic mass is 32.2. The number of carbonyl (C=O) groups is 1. The van der Waals surface area contributed by atoms with E-state index in [9.17, 15) is 9.18 Å². The van der Waals surface area contributed by atoms with Gasteiger partial charge in [-0.1, -0.05) is 30.3 Å². The molecule has 0 heterocycles. The predicted molar refractivity (Wildman–Crippen MR) is 92.0 cm³/mol. The van der Waals surface area contributed by atoms with Crippen LogP contribution in [0.3, 0.4) is 0 Å². The van der Waals surface area contributed by atoms with Crippen LogP contribution < -0.4 is 5.32 Å². The Bertz CT molecular complexity index is 674. The molecule has 0 aromatic heterocycles. The minimum Gasteiger partial charge on any atom is -0.349 e. The molecule has 120 valence electrons. The summed E-state index contributed by atoms with van der Waals surface area (Å²) in [5.74, 6) is 0.826. The average molecular weight is 329 g/mol. The van der Waals surface area contributed by atoms with Crippen molar-refractivity contribution in [1.29, 1.82) is 0 Å². The fourth-order valence-corrected chi connectivity index (χ4v) is 3.84. The summed E-state index contributed by atoms with van der Waals surface area (Å²) in [6.45, 7) is 0. The number of hydrogen-bond acceptors (Lipinski definition) is 2. The lowest BCUT2D eigenvalue weighted by molar-refractivity contribution is -0.121. The maximum atomic E-state index is 13.7. The van der Waals surface area contributed by atoms with E-state index in [1.165, 1.54) is 11.0 Å². The summed E-state index contributed by atoms with van der Waals surface area (Å²) in [5, 5.41) is 3.05. The number of fused-ring (bicyclic) bond motifs is 1. The number of nitrogens with one attached hydrogen (secondary N) is 1. The minimum absolute atomic E-state index is 0.0324. The molecule has 0 saturated carbocycles. The van der Waals surface area contributed by atoms with Crippen LogP contribution in [0.15, 0.2) is 53.4 Å². The summed E-state index contributed by atoms with van der Waals surface area (Å²) in [6.07, 6.45) is 2.85. The van der Waals surface area contributed by atoms with E-state index in [2.05, 4.69) is 17.4 Å². The van der Waals surface area contributed by atoms with Crippen molar-refractivity contribution in [2.75, 3.05) is 5.75 Å². The molecule has 2 aromatic rings. The molecule has 2 nitrogen and oxygen atoms in total. The van der Waals surface area contributed by atoms with E-state index in [1.54, 1.807) is 17.8 Å². The van der Waals surface area contributed by atoms with Crippen LogP contribution in [0.1, 0.15) is 36.4 Å². The molecule has 0 bridgehead atoms. The number of halogens is 1. The summed E-state index contributed by atoms with van der Waals surface area (Å²) in [7, 11) is 0. The van der Waals surface area contributed by atoms with Gasteiger partial charge in [-0.25, -0.2) is 4.39 Å². The van der Waals surface area contributed by atoms with Gasteiger partial charge in [0.1, 0.15) is 5.82 Å². The first-order chi connectivity index (χ1) is 11.2. The van der Waals surface area contributed by atoms with E-state index in [1.807, 2.05) is 24.3 Å². The molecule has 1 N–H and O–H groups in total. The molecule has 0 fully saturated rings. The van der Waals surface area contributed by atoms with E-state index in [-0.39, 0.29) is 17.8 Å². The highest BCUT2D eigenvalue weighted by Crippen LogP contribution is 2.32. The lowest BCUT2D eigenvalue weighted by atomic mass is 10.1. The van der Waals surface area contributed by atoms with Gasteiger partial charge in [0.2, 0.25) is 5.91 Å². The molecular formula is C19H20FNOS. The van der Waals surface area contributed by atoms with Gasteiger partial charge in [-0.2, -0.15) is 0 Å². The molecule has 4 heteroatoms. The van der Waals surface area contributed by atoms with E-state index >= 15 is 0 Å². The zero-order valence-corrected chi connectivity index (χ0v) is 13.7. The van der Waals surface area contributed by atoms with Crippen molar-refractivity contribution >= 4 is 17.7 Å². The van der Waals surface area contributed by atoms with Gasteiger partial charge in [0.05, 0.1) is 6.04 Å². The van der Waals surface area contributed by atoms with E-state index in [4.69, 9.17) is 0 Å². The van der Waals surface area contributed by atoms with Crippen LogP contribution in [0.5, 0.6) is 0 Å². The maximum absolute atomic E-state index is 13.7. The summed E-state index contributed by atoms with van der Waals surface area (Å²) in [6, 6.07) is 15.3. The van der Waals surface area contributed by atoms with Gasteiger partial charge >= 0.3 is 0 Å².